The van der Waals surface area contributed by atoms with Crippen LogP contribution in [0.1, 0.15) is 46.0 Å². The maximum absolute atomic E-state index is 3.54. The molecule has 0 aromatic heterocycles. The van der Waals surface area contributed by atoms with E-state index in [0.717, 1.165) is 17.9 Å². The van der Waals surface area contributed by atoms with E-state index in [1.165, 1.54) is 58.3 Å². The van der Waals surface area contributed by atoms with Crippen molar-refractivity contribution in [3.63, 3.8) is 0 Å². The maximum Gasteiger partial charge on any atom is 0.0121 e. The molecule has 2 heteroatoms. The minimum Gasteiger partial charge on any atom is -0.316 e. The molecule has 2 aliphatic rings. The van der Waals surface area contributed by atoms with Crippen LogP contribution in [0.2, 0.25) is 0 Å². The molecule has 1 heterocycles. The van der Waals surface area contributed by atoms with Gasteiger partial charge in [-0.3, -0.25) is 0 Å². The van der Waals surface area contributed by atoms with Crippen LogP contribution in [-0.4, -0.2) is 37.1 Å². The van der Waals surface area contributed by atoms with Gasteiger partial charge < -0.3 is 10.2 Å². The molecule has 0 bridgehead atoms. The molecule has 16 heavy (non-hydrogen) atoms. The summed E-state index contributed by atoms with van der Waals surface area (Å²) in [5.74, 6) is 1.83. The Morgan fingerprint density at radius 2 is 2.06 bits per heavy atom. The number of hydrogen-bond donors (Lipinski definition) is 1. The van der Waals surface area contributed by atoms with Gasteiger partial charge in [-0.15, -0.1) is 0 Å². The second kappa shape index (κ2) is 6.02. The van der Waals surface area contributed by atoms with E-state index in [4.69, 9.17) is 0 Å². The highest BCUT2D eigenvalue weighted by atomic mass is 15.2. The molecule has 1 aliphatic heterocycles. The molecule has 0 aromatic rings. The van der Waals surface area contributed by atoms with E-state index >= 15 is 0 Å². The molecule has 1 aliphatic carbocycles. The molecular weight excluding hydrogens is 196 g/mol. The fraction of sp³-hybridized carbons (Fsp3) is 1.00. The number of piperidine rings is 1. The van der Waals surface area contributed by atoms with Crippen LogP contribution in [0.3, 0.4) is 0 Å². The van der Waals surface area contributed by atoms with Crippen LogP contribution in [0.5, 0.6) is 0 Å². The Labute approximate surface area is 101 Å². The van der Waals surface area contributed by atoms with Crippen LogP contribution < -0.4 is 5.32 Å². The van der Waals surface area contributed by atoms with Crippen LogP contribution in [0.15, 0.2) is 0 Å². The molecule has 1 N–H and O–H groups in total. The second-order valence-electron chi connectivity index (χ2n) is 5.78. The maximum atomic E-state index is 3.54. The monoisotopic (exact) mass is 224 g/mol. The minimum absolute atomic E-state index is 0.881. The minimum atomic E-state index is 0.881. The Kier molecular flexibility index (Phi) is 4.66. The first kappa shape index (κ1) is 12.4. The van der Waals surface area contributed by atoms with Crippen molar-refractivity contribution in [2.75, 3.05) is 26.2 Å². The Morgan fingerprint density at radius 1 is 1.19 bits per heavy atom. The van der Waals surface area contributed by atoms with E-state index in [1.807, 2.05) is 0 Å². The van der Waals surface area contributed by atoms with Crippen molar-refractivity contribution in [3.8, 4) is 0 Å². The van der Waals surface area contributed by atoms with Gasteiger partial charge in [0, 0.05) is 12.6 Å². The van der Waals surface area contributed by atoms with E-state index in [-0.39, 0.29) is 0 Å². The highest BCUT2D eigenvalue weighted by Crippen LogP contribution is 2.30. The summed E-state index contributed by atoms with van der Waals surface area (Å²) in [5.41, 5.74) is 0. The summed E-state index contributed by atoms with van der Waals surface area (Å²) in [6.45, 7) is 9.84. The fourth-order valence-electron chi connectivity index (χ4n) is 3.58. The Hall–Kier alpha value is -0.0800. The van der Waals surface area contributed by atoms with Gasteiger partial charge in [0.15, 0.2) is 0 Å². The number of rotatable bonds is 4. The van der Waals surface area contributed by atoms with Gasteiger partial charge in [-0.2, -0.15) is 0 Å². The van der Waals surface area contributed by atoms with Crippen LogP contribution >= 0.6 is 0 Å². The van der Waals surface area contributed by atoms with Crippen molar-refractivity contribution >= 4 is 0 Å². The molecule has 2 fully saturated rings. The van der Waals surface area contributed by atoms with E-state index in [0.29, 0.717) is 0 Å². The van der Waals surface area contributed by atoms with Gasteiger partial charge in [-0.1, -0.05) is 20.3 Å². The lowest BCUT2D eigenvalue weighted by atomic mass is 9.96. The first-order chi connectivity index (χ1) is 7.81. The number of hydrogen-bond acceptors (Lipinski definition) is 2. The third kappa shape index (κ3) is 2.98. The lowest BCUT2D eigenvalue weighted by Gasteiger charge is -2.35. The summed E-state index contributed by atoms with van der Waals surface area (Å²) in [7, 11) is 0. The smallest absolute Gasteiger partial charge is 0.0121 e. The normalized spacial score (nSPS) is 35.8. The molecular formula is C14H28N2. The molecule has 94 valence electrons. The van der Waals surface area contributed by atoms with Crippen LogP contribution in [0, 0.1) is 11.8 Å². The summed E-state index contributed by atoms with van der Waals surface area (Å²) in [5, 5.41) is 3.54. The zero-order valence-electron chi connectivity index (χ0n) is 11.0. The highest BCUT2D eigenvalue weighted by Gasteiger charge is 2.29. The van der Waals surface area contributed by atoms with Crippen molar-refractivity contribution in [2.24, 2.45) is 11.8 Å². The molecule has 1 saturated heterocycles. The Morgan fingerprint density at radius 3 is 2.62 bits per heavy atom. The summed E-state index contributed by atoms with van der Waals surface area (Å²) < 4.78 is 0. The van der Waals surface area contributed by atoms with Crippen molar-refractivity contribution in [1.82, 2.24) is 10.2 Å². The first-order valence-corrected chi connectivity index (χ1v) is 7.26. The highest BCUT2D eigenvalue weighted by molar-refractivity contribution is 4.84. The van der Waals surface area contributed by atoms with E-state index in [2.05, 4.69) is 24.1 Å². The molecule has 0 spiro atoms. The van der Waals surface area contributed by atoms with Gasteiger partial charge in [0.1, 0.15) is 0 Å². The lowest BCUT2D eigenvalue weighted by molar-refractivity contribution is 0.138. The Bertz CT molecular complexity index is 199. The number of nitrogens with zero attached hydrogens (tertiary/aromatic N) is 1. The topological polar surface area (TPSA) is 15.3 Å². The van der Waals surface area contributed by atoms with Gasteiger partial charge in [0.2, 0.25) is 0 Å². The molecule has 0 radical (unpaired) electrons. The predicted octanol–water partition coefficient (Wildman–Crippen LogP) is 2.50. The number of nitrogens with one attached hydrogen (secondary N) is 1. The van der Waals surface area contributed by atoms with Gasteiger partial charge in [-0.25, -0.2) is 0 Å². The van der Waals surface area contributed by atoms with Crippen molar-refractivity contribution in [3.05, 3.63) is 0 Å². The lowest BCUT2D eigenvalue weighted by Crippen LogP contribution is -2.43. The average Bonchev–Trinajstić information content (AvgIpc) is 2.74. The van der Waals surface area contributed by atoms with Crippen LogP contribution in [0.25, 0.3) is 0 Å². The standard InChI is InChI=1S/C14H28N2/c1-3-16(14-8-4-6-12(14)2)11-13-7-5-9-15-10-13/h12-15H,3-11H2,1-2H3. The summed E-state index contributed by atoms with van der Waals surface area (Å²) in [4.78, 5) is 2.76. The van der Waals surface area contributed by atoms with E-state index < -0.39 is 0 Å². The van der Waals surface area contributed by atoms with Crippen LogP contribution in [0.4, 0.5) is 0 Å². The molecule has 3 unspecified atom stereocenters. The largest absolute Gasteiger partial charge is 0.316 e. The van der Waals surface area contributed by atoms with Gasteiger partial charge in [0.25, 0.3) is 0 Å². The summed E-state index contributed by atoms with van der Waals surface area (Å²) in [6, 6.07) is 0.881. The SMILES string of the molecule is CCN(CC1CCCNC1)C1CCCC1C. The van der Waals surface area contributed by atoms with Gasteiger partial charge >= 0.3 is 0 Å². The summed E-state index contributed by atoms with van der Waals surface area (Å²) in [6.07, 6.45) is 7.15. The van der Waals surface area contributed by atoms with Crippen LogP contribution in [-0.2, 0) is 0 Å². The molecule has 2 rings (SSSR count). The summed E-state index contributed by atoms with van der Waals surface area (Å²) >= 11 is 0. The zero-order chi connectivity index (χ0) is 11.4. The van der Waals surface area contributed by atoms with E-state index in [1.54, 1.807) is 0 Å². The zero-order valence-corrected chi connectivity index (χ0v) is 11.0. The average molecular weight is 224 g/mol. The van der Waals surface area contributed by atoms with Crippen molar-refractivity contribution < 1.29 is 0 Å². The molecule has 0 amide bonds. The first-order valence-electron chi connectivity index (χ1n) is 7.26. The molecule has 0 aromatic carbocycles. The molecule has 3 atom stereocenters. The Balaban J connectivity index is 1.84. The van der Waals surface area contributed by atoms with Crippen molar-refractivity contribution in [2.45, 2.75) is 52.0 Å². The third-order valence-corrected chi connectivity index (χ3v) is 4.58. The molecule has 2 nitrogen and oxygen atoms in total. The predicted molar refractivity (Wildman–Crippen MR) is 69.6 cm³/mol. The molecule has 1 saturated carbocycles. The van der Waals surface area contributed by atoms with Gasteiger partial charge in [0.05, 0.1) is 0 Å². The second-order valence-corrected chi connectivity index (χ2v) is 5.78. The van der Waals surface area contributed by atoms with Crippen molar-refractivity contribution in [1.29, 1.82) is 0 Å². The third-order valence-electron chi connectivity index (χ3n) is 4.58. The van der Waals surface area contributed by atoms with Gasteiger partial charge in [-0.05, 0) is 57.2 Å². The fourth-order valence-corrected chi connectivity index (χ4v) is 3.58. The van der Waals surface area contributed by atoms with E-state index in [9.17, 15) is 0 Å². The quantitative estimate of drug-likeness (QED) is 0.789.